The van der Waals surface area contributed by atoms with Crippen LogP contribution in [-0.2, 0) is 0 Å². The first-order chi connectivity index (χ1) is 13.1. The number of nitrogens with zero attached hydrogens (tertiary/aromatic N) is 4. The van der Waals surface area contributed by atoms with Gasteiger partial charge in [-0.3, -0.25) is 9.48 Å². The molecule has 4 rings (SSSR count). The lowest BCUT2D eigenvalue weighted by Gasteiger charge is -2.21. The predicted molar refractivity (Wildman–Crippen MR) is 108 cm³/mol. The molecule has 5 heteroatoms. The maximum Gasteiger partial charge on any atom is 0.254 e. The summed E-state index contributed by atoms with van der Waals surface area (Å²) in [6, 6.07) is 10.1. The van der Waals surface area contributed by atoms with E-state index in [1.807, 2.05) is 52.3 Å². The lowest BCUT2D eigenvalue weighted by Crippen LogP contribution is -2.32. The maximum absolute atomic E-state index is 13.3. The first-order valence-electron chi connectivity index (χ1n) is 9.87. The van der Waals surface area contributed by atoms with Crippen LogP contribution in [0.4, 0.5) is 0 Å². The number of benzene rings is 1. The third-order valence-corrected chi connectivity index (χ3v) is 5.27. The highest BCUT2D eigenvalue weighted by Crippen LogP contribution is 2.27. The minimum atomic E-state index is 0.119. The highest BCUT2D eigenvalue weighted by molar-refractivity contribution is 6.07. The number of hydrogen-bond acceptors (Lipinski definition) is 3. The SMILES string of the molecule is CC(C)n1cc(-c2cc(C(=O)N3CCCCCC3)c3ccccc3n2)cn1. The van der Waals surface area contributed by atoms with E-state index in [0.717, 1.165) is 53.7 Å². The molecule has 1 fully saturated rings. The van der Waals surface area contributed by atoms with Crippen molar-refractivity contribution in [3.05, 3.63) is 48.3 Å². The Bertz CT molecular complexity index is 952. The van der Waals surface area contributed by atoms with Crippen molar-refractivity contribution >= 4 is 16.8 Å². The smallest absolute Gasteiger partial charge is 0.254 e. The number of pyridine rings is 1. The summed E-state index contributed by atoms with van der Waals surface area (Å²) in [6.45, 7) is 5.88. The number of fused-ring (bicyclic) bond motifs is 1. The zero-order chi connectivity index (χ0) is 18.8. The van der Waals surface area contributed by atoms with Crippen LogP contribution < -0.4 is 0 Å². The second-order valence-corrected chi connectivity index (χ2v) is 7.58. The van der Waals surface area contributed by atoms with Crippen LogP contribution >= 0.6 is 0 Å². The van der Waals surface area contributed by atoms with Crippen LogP contribution in [0, 0.1) is 0 Å². The number of para-hydroxylation sites is 1. The summed E-state index contributed by atoms with van der Waals surface area (Å²) >= 11 is 0. The Balaban J connectivity index is 1.79. The van der Waals surface area contributed by atoms with Crippen LogP contribution in [0.25, 0.3) is 22.2 Å². The van der Waals surface area contributed by atoms with Crippen LogP contribution in [0.5, 0.6) is 0 Å². The van der Waals surface area contributed by atoms with E-state index < -0.39 is 0 Å². The van der Waals surface area contributed by atoms with Gasteiger partial charge < -0.3 is 4.90 Å². The van der Waals surface area contributed by atoms with E-state index in [0.29, 0.717) is 0 Å². The normalized spacial score (nSPS) is 15.3. The Labute approximate surface area is 160 Å². The minimum absolute atomic E-state index is 0.119. The van der Waals surface area contributed by atoms with Gasteiger partial charge in [0.25, 0.3) is 5.91 Å². The fourth-order valence-corrected chi connectivity index (χ4v) is 3.70. The third-order valence-electron chi connectivity index (χ3n) is 5.27. The lowest BCUT2D eigenvalue weighted by atomic mass is 10.0. The monoisotopic (exact) mass is 362 g/mol. The average Bonchev–Trinajstić information content (AvgIpc) is 3.03. The number of aromatic nitrogens is 3. The van der Waals surface area contributed by atoms with E-state index in [1.165, 1.54) is 12.8 Å². The molecule has 1 amide bonds. The quantitative estimate of drug-likeness (QED) is 0.679. The molecule has 5 nitrogen and oxygen atoms in total. The van der Waals surface area contributed by atoms with Gasteiger partial charge in [0.2, 0.25) is 0 Å². The molecule has 1 aliphatic rings. The van der Waals surface area contributed by atoms with E-state index in [-0.39, 0.29) is 11.9 Å². The molecular weight excluding hydrogens is 336 g/mol. The van der Waals surface area contributed by atoms with Gasteiger partial charge in [-0.1, -0.05) is 31.0 Å². The van der Waals surface area contributed by atoms with Gasteiger partial charge >= 0.3 is 0 Å². The Hall–Kier alpha value is -2.69. The fraction of sp³-hybridized carbons (Fsp3) is 0.409. The molecule has 1 aliphatic heterocycles. The molecule has 1 saturated heterocycles. The highest BCUT2D eigenvalue weighted by atomic mass is 16.2. The zero-order valence-electron chi connectivity index (χ0n) is 16.1. The standard InChI is InChI=1S/C22H26N4O/c1-16(2)26-15-17(14-23-26)21-13-19(18-9-5-6-10-20(18)24-21)22(27)25-11-7-3-4-8-12-25/h5-6,9-10,13-16H,3-4,7-8,11-12H2,1-2H3. The molecule has 27 heavy (non-hydrogen) atoms. The van der Waals surface area contributed by atoms with Crippen molar-refractivity contribution < 1.29 is 4.79 Å². The Morgan fingerprint density at radius 2 is 1.81 bits per heavy atom. The van der Waals surface area contributed by atoms with Crippen molar-refractivity contribution in [2.75, 3.05) is 13.1 Å². The van der Waals surface area contributed by atoms with E-state index in [2.05, 4.69) is 18.9 Å². The lowest BCUT2D eigenvalue weighted by molar-refractivity contribution is 0.0763. The van der Waals surface area contributed by atoms with E-state index in [9.17, 15) is 4.79 Å². The van der Waals surface area contributed by atoms with Gasteiger partial charge in [0.15, 0.2) is 0 Å². The molecule has 1 aromatic carbocycles. The van der Waals surface area contributed by atoms with E-state index in [4.69, 9.17) is 4.98 Å². The molecule has 0 unspecified atom stereocenters. The molecule has 0 N–H and O–H groups in total. The van der Waals surface area contributed by atoms with Crippen molar-refractivity contribution in [3.63, 3.8) is 0 Å². The Morgan fingerprint density at radius 1 is 1.07 bits per heavy atom. The summed E-state index contributed by atoms with van der Waals surface area (Å²) in [6.07, 6.45) is 8.42. The number of carbonyl (C=O) groups excluding carboxylic acids is 1. The van der Waals surface area contributed by atoms with Gasteiger partial charge in [-0.05, 0) is 38.8 Å². The molecule has 0 radical (unpaired) electrons. The second kappa shape index (κ2) is 7.51. The summed E-state index contributed by atoms with van der Waals surface area (Å²) in [5, 5.41) is 5.35. The van der Waals surface area contributed by atoms with Gasteiger partial charge in [-0.15, -0.1) is 0 Å². The van der Waals surface area contributed by atoms with Gasteiger partial charge in [0.05, 0.1) is 23.0 Å². The molecule has 3 heterocycles. The number of carbonyl (C=O) groups is 1. The highest BCUT2D eigenvalue weighted by Gasteiger charge is 2.21. The van der Waals surface area contributed by atoms with Gasteiger partial charge in [-0.25, -0.2) is 4.98 Å². The largest absolute Gasteiger partial charge is 0.339 e. The van der Waals surface area contributed by atoms with Crippen molar-refractivity contribution in [3.8, 4) is 11.3 Å². The summed E-state index contributed by atoms with van der Waals surface area (Å²) in [5.41, 5.74) is 3.35. The van der Waals surface area contributed by atoms with Crippen LogP contribution in [0.15, 0.2) is 42.7 Å². The Kier molecular flexibility index (Phi) is 4.92. The molecule has 0 spiro atoms. The molecule has 0 bridgehead atoms. The number of hydrogen-bond donors (Lipinski definition) is 0. The molecule has 140 valence electrons. The number of amides is 1. The average molecular weight is 362 g/mol. The first-order valence-corrected chi connectivity index (χ1v) is 9.87. The summed E-state index contributed by atoms with van der Waals surface area (Å²) in [4.78, 5) is 20.2. The third kappa shape index (κ3) is 3.59. The molecule has 3 aromatic rings. The van der Waals surface area contributed by atoms with Crippen LogP contribution in [0.3, 0.4) is 0 Å². The minimum Gasteiger partial charge on any atom is -0.339 e. The number of rotatable bonds is 3. The topological polar surface area (TPSA) is 51.0 Å². The summed E-state index contributed by atoms with van der Waals surface area (Å²) in [5.74, 6) is 0.119. The Morgan fingerprint density at radius 3 is 2.52 bits per heavy atom. The van der Waals surface area contributed by atoms with Crippen molar-refractivity contribution in [2.45, 2.75) is 45.6 Å². The zero-order valence-corrected chi connectivity index (χ0v) is 16.1. The molecule has 2 aromatic heterocycles. The van der Waals surface area contributed by atoms with E-state index >= 15 is 0 Å². The summed E-state index contributed by atoms with van der Waals surface area (Å²) in [7, 11) is 0. The fourth-order valence-electron chi connectivity index (χ4n) is 3.70. The predicted octanol–water partition coefficient (Wildman–Crippen LogP) is 4.70. The van der Waals surface area contributed by atoms with Crippen molar-refractivity contribution in [1.82, 2.24) is 19.7 Å². The molecule has 0 aliphatic carbocycles. The van der Waals surface area contributed by atoms with Gasteiger partial charge in [-0.2, -0.15) is 5.10 Å². The van der Waals surface area contributed by atoms with Crippen molar-refractivity contribution in [1.29, 1.82) is 0 Å². The van der Waals surface area contributed by atoms with Crippen LogP contribution in [-0.4, -0.2) is 38.7 Å². The molecule has 0 saturated carbocycles. The molecule has 0 atom stereocenters. The van der Waals surface area contributed by atoms with Crippen LogP contribution in [0.2, 0.25) is 0 Å². The van der Waals surface area contributed by atoms with Gasteiger partial charge in [0, 0.05) is 36.3 Å². The van der Waals surface area contributed by atoms with Gasteiger partial charge in [0.1, 0.15) is 0 Å². The van der Waals surface area contributed by atoms with E-state index in [1.54, 1.807) is 0 Å². The summed E-state index contributed by atoms with van der Waals surface area (Å²) < 4.78 is 1.92. The maximum atomic E-state index is 13.3. The van der Waals surface area contributed by atoms with Crippen LogP contribution in [0.1, 0.15) is 55.9 Å². The number of likely N-dealkylation sites (tertiary alicyclic amines) is 1. The van der Waals surface area contributed by atoms with Crippen molar-refractivity contribution in [2.24, 2.45) is 0 Å². The molecular formula is C22H26N4O. The second-order valence-electron chi connectivity index (χ2n) is 7.58. The first kappa shape index (κ1) is 17.7.